The summed E-state index contributed by atoms with van der Waals surface area (Å²) in [6.07, 6.45) is 0. The number of nitriles is 1. The summed E-state index contributed by atoms with van der Waals surface area (Å²) in [6, 6.07) is 13.1. The van der Waals surface area contributed by atoms with Crippen LogP contribution in [0, 0.1) is 11.3 Å². The number of carbonyl (C=O) groups excluding carboxylic acids is 2. The van der Waals surface area contributed by atoms with Crippen LogP contribution in [0.15, 0.2) is 42.5 Å². The quantitative estimate of drug-likeness (QED) is 0.830. The molecule has 1 aliphatic heterocycles. The molecule has 0 bridgehead atoms. The maximum atomic E-state index is 12.9. The van der Waals surface area contributed by atoms with Crippen LogP contribution >= 0.6 is 23.2 Å². The number of rotatable bonds is 3. The summed E-state index contributed by atoms with van der Waals surface area (Å²) in [5.41, 5.74) is 0.490. The molecule has 0 aliphatic carbocycles. The second-order valence-electron chi connectivity index (χ2n) is 5.89. The van der Waals surface area contributed by atoms with Gasteiger partial charge in [-0.05, 0) is 42.3 Å². The molecule has 25 heavy (non-hydrogen) atoms. The van der Waals surface area contributed by atoms with E-state index in [2.05, 4.69) is 5.32 Å². The summed E-state index contributed by atoms with van der Waals surface area (Å²) in [5, 5.41) is 12.4. The summed E-state index contributed by atoms with van der Waals surface area (Å²) in [4.78, 5) is 26.4. The van der Waals surface area contributed by atoms with Crippen LogP contribution in [0.5, 0.6) is 0 Å². The first-order valence-electron chi connectivity index (χ1n) is 7.44. The Hall–Kier alpha value is -2.55. The van der Waals surface area contributed by atoms with Crippen LogP contribution in [-0.2, 0) is 16.9 Å². The molecule has 0 radical (unpaired) electrons. The molecule has 1 saturated heterocycles. The van der Waals surface area contributed by atoms with Crippen molar-refractivity contribution in [3.8, 4) is 6.07 Å². The zero-order chi connectivity index (χ0) is 18.2. The standard InChI is InChI=1S/C18H13Cl2N3O2/c1-18(13-5-6-14(19)15(20)8-13)16(24)23(17(25)22-18)10-12-4-2-3-11(7-12)9-21/h2-8H,10H2,1H3,(H,22,25). The summed E-state index contributed by atoms with van der Waals surface area (Å²) in [5.74, 6) is -0.391. The number of urea groups is 1. The third-order valence-electron chi connectivity index (χ3n) is 4.17. The molecule has 0 spiro atoms. The summed E-state index contributed by atoms with van der Waals surface area (Å²) in [7, 11) is 0. The highest BCUT2D eigenvalue weighted by Gasteiger charge is 2.49. The Morgan fingerprint density at radius 2 is 1.92 bits per heavy atom. The Balaban J connectivity index is 1.91. The van der Waals surface area contributed by atoms with Crippen molar-refractivity contribution in [3.05, 3.63) is 69.2 Å². The van der Waals surface area contributed by atoms with Crippen LogP contribution in [0.3, 0.4) is 0 Å². The normalized spacial score (nSPS) is 19.7. The third-order valence-corrected chi connectivity index (χ3v) is 4.91. The van der Waals surface area contributed by atoms with Gasteiger partial charge in [-0.1, -0.05) is 41.4 Å². The Morgan fingerprint density at radius 3 is 2.60 bits per heavy atom. The molecule has 1 atom stereocenters. The molecule has 1 N–H and O–H groups in total. The predicted octanol–water partition coefficient (Wildman–Crippen LogP) is 3.83. The van der Waals surface area contributed by atoms with Gasteiger partial charge in [-0.3, -0.25) is 9.69 Å². The van der Waals surface area contributed by atoms with Gasteiger partial charge in [0.25, 0.3) is 5.91 Å². The van der Waals surface area contributed by atoms with Gasteiger partial charge in [-0.2, -0.15) is 5.26 Å². The van der Waals surface area contributed by atoms with E-state index < -0.39 is 17.5 Å². The lowest BCUT2D eigenvalue weighted by atomic mass is 9.92. The molecule has 1 unspecified atom stereocenters. The van der Waals surface area contributed by atoms with Gasteiger partial charge in [0.15, 0.2) is 0 Å². The smallest absolute Gasteiger partial charge is 0.319 e. The fraction of sp³-hybridized carbons (Fsp3) is 0.167. The van der Waals surface area contributed by atoms with Crippen molar-refractivity contribution in [3.63, 3.8) is 0 Å². The molecule has 126 valence electrons. The minimum atomic E-state index is -1.22. The van der Waals surface area contributed by atoms with Crippen molar-refractivity contribution in [1.82, 2.24) is 10.2 Å². The molecule has 0 aromatic heterocycles. The third kappa shape index (κ3) is 3.07. The molecule has 1 aliphatic rings. The minimum Gasteiger partial charge on any atom is -0.319 e. The number of benzene rings is 2. The number of hydrogen-bond acceptors (Lipinski definition) is 3. The molecular formula is C18H13Cl2N3O2. The minimum absolute atomic E-state index is 0.0805. The Labute approximate surface area is 154 Å². The maximum absolute atomic E-state index is 12.9. The van der Waals surface area contributed by atoms with Gasteiger partial charge in [0.2, 0.25) is 0 Å². The number of amides is 3. The maximum Gasteiger partial charge on any atom is 0.325 e. The monoisotopic (exact) mass is 373 g/mol. The first-order valence-corrected chi connectivity index (χ1v) is 8.19. The van der Waals surface area contributed by atoms with Gasteiger partial charge in [0.1, 0.15) is 5.54 Å². The second kappa shape index (κ2) is 6.40. The predicted molar refractivity (Wildman–Crippen MR) is 94.1 cm³/mol. The number of carbonyl (C=O) groups is 2. The van der Waals surface area contributed by atoms with Crippen LogP contribution in [-0.4, -0.2) is 16.8 Å². The lowest BCUT2D eigenvalue weighted by molar-refractivity contribution is -0.131. The van der Waals surface area contributed by atoms with Crippen LogP contribution in [0.4, 0.5) is 4.79 Å². The molecule has 2 aromatic carbocycles. The molecular weight excluding hydrogens is 361 g/mol. The van der Waals surface area contributed by atoms with Gasteiger partial charge in [0.05, 0.1) is 28.2 Å². The zero-order valence-electron chi connectivity index (χ0n) is 13.2. The molecule has 0 saturated carbocycles. The van der Waals surface area contributed by atoms with Crippen molar-refractivity contribution >= 4 is 35.1 Å². The highest BCUT2D eigenvalue weighted by Crippen LogP contribution is 2.33. The lowest BCUT2D eigenvalue weighted by Gasteiger charge is -2.22. The van der Waals surface area contributed by atoms with E-state index in [4.69, 9.17) is 28.5 Å². The molecule has 3 rings (SSSR count). The van der Waals surface area contributed by atoms with Crippen molar-refractivity contribution in [1.29, 1.82) is 5.26 Å². The topological polar surface area (TPSA) is 73.2 Å². The number of nitrogens with zero attached hydrogens (tertiary/aromatic N) is 2. The van der Waals surface area contributed by atoms with Gasteiger partial charge in [-0.25, -0.2) is 4.79 Å². The van der Waals surface area contributed by atoms with E-state index in [1.807, 2.05) is 6.07 Å². The average Bonchev–Trinajstić information content (AvgIpc) is 2.81. The van der Waals surface area contributed by atoms with Crippen LogP contribution in [0.2, 0.25) is 10.0 Å². The van der Waals surface area contributed by atoms with Gasteiger partial charge in [0, 0.05) is 0 Å². The van der Waals surface area contributed by atoms with Crippen LogP contribution in [0.25, 0.3) is 0 Å². The largest absolute Gasteiger partial charge is 0.325 e. The number of halogens is 2. The first kappa shape index (κ1) is 17.3. The number of nitrogens with one attached hydrogen (secondary N) is 1. The molecule has 7 heteroatoms. The van der Waals surface area contributed by atoms with Crippen molar-refractivity contribution < 1.29 is 9.59 Å². The zero-order valence-corrected chi connectivity index (χ0v) is 14.7. The van der Waals surface area contributed by atoms with Gasteiger partial charge < -0.3 is 5.32 Å². The van der Waals surface area contributed by atoms with E-state index in [9.17, 15) is 9.59 Å². The second-order valence-corrected chi connectivity index (χ2v) is 6.70. The van der Waals surface area contributed by atoms with E-state index in [0.29, 0.717) is 26.7 Å². The molecule has 5 nitrogen and oxygen atoms in total. The van der Waals surface area contributed by atoms with E-state index >= 15 is 0 Å². The van der Waals surface area contributed by atoms with Gasteiger partial charge >= 0.3 is 6.03 Å². The summed E-state index contributed by atoms with van der Waals surface area (Å²) >= 11 is 12.0. The number of hydrogen-bond donors (Lipinski definition) is 1. The van der Waals surface area contributed by atoms with Crippen LogP contribution in [0.1, 0.15) is 23.6 Å². The number of imide groups is 1. The van der Waals surface area contributed by atoms with E-state index in [1.54, 1.807) is 49.4 Å². The average molecular weight is 374 g/mol. The fourth-order valence-corrected chi connectivity index (χ4v) is 3.06. The van der Waals surface area contributed by atoms with Crippen LogP contribution < -0.4 is 5.32 Å². The summed E-state index contributed by atoms with van der Waals surface area (Å²) in [6.45, 7) is 1.70. The Bertz CT molecular complexity index is 923. The Kier molecular flexibility index (Phi) is 4.42. The highest BCUT2D eigenvalue weighted by atomic mass is 35.5. The SMILES string of the molecule is CC1(c2ccc(Cl)c(Cl)c2)NC(=O)N(Cc2cccc(C#N)c2)C1=O. The molecule has 2 aromatic rings. The summed E-state index contributed by atoms with van der Waals surface area (Å²) < 4.78 is 0. The van der Waals surface area contributed by atoms with E-state index in [-0.39, 0.29) is 6.54 Å². The molecule has 1 heterocycles. The molecule has 1 fully saturated rings. The first-order chi connectivity index (χ1) is 11.8. The fourth-order valence-electron chi connectivity index (χ4n) is 2.77. The van der Waals surface area contributed by atoms with E-state index in [0.717, 1.165) is 4.90 Å². The van der Waals surface area contributed by atoms with Crippen molar-refractivity contribution in [2.75, 3.05) is 0 Å². The highest BCUT2D eigenvalue weighted by molar-refractivity contribution is 6.42. The molecule has 3 amide bonds. The van der Waals surface area contributed by atoms with Gasteiger partial charge in [-0.15, -0.1) is 0 Å². The van der Waals surface area contributed by atoms with Crippen molar-refractivity contribution in [2.24, 2.45) is 0 Å². The van der Waals surface area contributed by atoms with E-state index in [1.165, 1.54) is 0 Å². The Morgan fingerprint density at radius 1 is 1.16 bits per heavy atom. The lowest BCUT2D eigenvalue weighted by Crippen LogP contribution is -2.40. The van der Waals surface area contributed by atoms with Crippen molar-refractivity contribution in [2.45, 2.75) is 19.0 Å².